The number of thiophene rings is 1. The summed E-state index contributed by atoms with van der Waals surface area (Å²) in [7, 11) is 0. The third kappa shape index (κ3) is 2.82. The summed E-state index contributed by atoms with van der Waals surface area (Å²) in [5.41, 5.74) is 1.48. The zero-order chi connectivity index (χ0) is 8.93. The molecule has 0 bridgehead atoms. The maximum atomic E-state index is 3.53. The molecule has 1 aliphatic rings. The van der Waals surface area contributed by atoms with Gasteiger partial charge in [0.2, 0.25) is 0 Å². The van der Waals surface area contributed by atoms with E-state index in [2.05, 4.69) is 22.1 Å². The molecule has 0 unspecified atom stereocenters. The highest BCUT2D eigenvalue weighted by molar-refractivity contribution is 7.07. The largest absolute Gasteiger partial charge is 0.316 e. The molecule has 0 aromatic carbocycles. The molecule has 0 saturated heterocycles. The van der Waals surface area contributed by atoms with Crippen LogP contribution in [0.5, 0.6) is 0 Å². The van der Waals surface area contributed by atoms with Gasteiger partial charge in [0.1, 0.15) is 0 Å². The minimum atomic E-state index is 0.988. The first-order chi connectivity index (χ1) is 6.45. The molecular weight excluding hydrogens is 178 g/mol. The Morgan fingerprint density at radius 1 is 1.46 bits per heavy atom. The molecule has 1 fully saturated rings. The van der Waals surface area contributed by atoms with E-state index in [-0.39, 0.29) is 0 Å². The van der Waals surface area contributed by atoms with Crippen LogP contribution in [0.1, 0.15) is 24.8 Å². The molecule has 1 aromatic heterocycles. The Labute approximate surface area is 84.2 Å². The van der Waals surface area contributed by atoms with E-state index < -0.39 is 0 Å². The molecule has 2 heteroatoms. The zero-order valence-corrected chi connectivity index (χ0v) is 8.78. The van der Waals surface area contributed by atoms with Crippen LogP contribution in [0.3, 0.4) is 0 Å². The Kier molecular flexibility index (Phi) is 3.39. The molecule has 2 rings (SSSR count). The lowest BCUT2D eigenvalue weighted by Gasteiger charge is -2.25. The second-order valence-electron chi connectivity index (χ2n) is 3.88. The molecule has 1 aliphatic carbocycles. The van der Waals surface area contributed by atoms with Crippen molar-refractivity contribution in [2.75, 3.05) is 13.1 Å². The Bertz CT molecular complexity index is 226. The van der Waals surface area contributed by atoms with Gasteiger partial charge in [-0.3, -0.25) is 0 Å². The van der Waals surface area contributed by atoms with Crippen LogP contribution in [0.15, 0.2) is 16.8 Å². The Hall–Kier alpha value is -0.340. The van der Waals surface area contributed by atoms with E-state index in [1.54, 1.807) is 11.3 Å². The SMILES string of the molecule is c1cc(CCNCC2CCC2)cs1. The summed E-state index contributed by atoms with van der Waals surface area (Å²) < 4.78 is 0. The third-order valence-corrected chi connectivity index (χ3v) is 3.56. The second kappa shape index (κ2) is 4.77. The molecule has 0 amide bonds. The summed E-state index contributed by atoms with van der Waals surface area (Å²) in [5, 5.41) is 7.93. The van der Waals surface area contributed by atoms with Gasteiger partial charge in [-0.15, -0.1) is 0 Å². The first kappa shape index (κ1) is 9.22. The predicted molar refractivity (Wildman–Crippen MR) is 58.2 cm³/mol. The molecular formula is C11H17NS. The summed E-state index contributed by atoms with van der Waals surface area (Å²) in [6.45, 7) is 2.39. The van der Waals surface area contributed by atoms with Crippen molar-refractivity contribution in [2.24, 2.45) is 5.92 Å². The van der Waals surface area contributed by atoms with E-state index in [0.29, 0.717) is 0 Å². The molecule has 1 N–H and O–H groups in total. The first-order valence-electron chi connectivity index (χ1n) is 5.17. The van der Waals surface area contributed by atoms with E-state index in [9.17, 15) is 0 Å². The van der Waals surface area contributed by atoms with Gasteiger partial charge in [-0.2, -0.15) is 11.3 Å². The predicted octanol–water partition coefficient (Wildman–Crippen LogP) is 2.68. The highest BCUT2D eigenvalue weighted by atomic mass is 32.1. The van der Waals surface area contributed by atoms with Gasteiger partial charge in [-0.05, 0) is 60.7 Å². The van der Waals surface area contributed by atoms with Gasteiger partial charge < -0.3 is 5.32 Å². The van der Waals surface area contributed by atoms with E-state index >= 15 is 0 Å². The van der Waals surface area contributed by atoms with Crippen LogP contribution < -0.4 is 5.32 Å². The van der Waals surface area contributed by atoms with Gasteiger partial charge in [0.15, 0.2) is 0 Å². The van der Waals surface area contributed by atoms with Crippen LogP contribution in [0.2, 0.25) is 0 Å². The van der Waals surface area contributed by atoms with Crippen LogP contribution in [0, 0.1) is 5.92 Å². The van der Waals surface area contributed by atoms with Gasteiger partial charge in [-0.25, -0.2) is 0 Å². The van der Waals surface area contributed by atoms with Gasteiger partial charge in [-0.1, -0.05) is 6.42 Å². The van der Waals surface area contributed by atoms with Crippen LogP contribution in [-0.4, -0.2) is 13.1 Å². The molecule has 1 heterocycles. The Morgan fingerprint density at radius 3 is 3.00 bits per heavy atom. The van der Waals surface area contributed by atoms with Gasteiger partial charge >= 0.3 is 0 Å². The molecule has 1 saturated carbocycles. The third-order valence-electron chi connectivity index (χ3n) is 2.83. The van der Waals surface area contributed by atoms with Crippen molar-refractivity contribution in [2.45, 2.75) is 25.7 Å². The maximum absolute atomic E-state index is 3.53. The topological polar surface area (TPSA) is 12.0 Å². The van der Waals surface area contributed by atoms with Crippen LogP contribution in [0.4, 0.5) is 0 Å². The minimum Gasteiger partial charge on any atom is -0.316 e. The minimum absolute atomic E-state index is 0.988. The van der Waals surface area contributed by atoms with Crippen LogP contribution in [0.25, 0.3) is 0 Å². The van der Waals surface area contributed by atoms with Crippen molar-refractivity contribution in [1.29, 1.82) is 0 Å². The fraction of sp³-hybridized carbons (Fsp3) is 0.636. The highest BCUT2D eigenvalue weighted by Gasteiger charge is 2.15. The molecule has 0 atom stereocenters. The monoisotopic (exact) mass is 195 g/mol. The Balaban J connectivity index is 1.53. The fourth-order valence-electron chi connectivity index (χ4n) is 1.67. The van der Waals surface area contributed by atoms with E-state index in [1.807, 2.05) is 0 Å². The highest BCUT2D eigenvalue weighted by Crippen LogP contribution is 2.25. The molecule has 1 nitrogen and oxygen atoms in total. The molecule has 1 aromatic rings. The lowest BCUT2D eigenvalue weighted by molar-refractivity contribution is 0.303. The van der Waals surface area contributed by atoms with Crippen LogP contribution >= 0.6 is 11.3 Å². The van der Waals surface area contributed by atoms with Crippen molar-refractivity contribution in [1.82, 2.24) is 5.32 Å². The number of hydrogen-bond donors (Lipinski definition) is 1. The summed E-state index contributed by atoms with van der Waals surface area (Å²) >= 11 is 1.79. The Morgan fingerprint density at radius 2 is 2.38 bits per heavy atom. The van der Waals surface area contributed by atoms with E-state index in [0.717, 1.165) is 12.5 Å². The van der Waals surface area contributed by atoms with Gasteiger partial charge in [0.05, 0.1) is 0 Å². The lowest BCUT2D eigenvalue weighted by atomic mass is 9.85. The molecule has 0 spiro atoms. The van der Waals surface area contributed by atoms with Crippen molar-refractivity contribution >= 4 is 11.3 Å². The van der Waals surface area contributed by atoms with Crippen molar-refractivity contribution in [3.63, 3.8) is 0 Å². The van der Waals surface area contributed by atoms with Gasteiger partial charge in [0.25, 0.3) is 0 Å². The molecule has 0 radical (unpaired) electrons. The van der Waals surface area contributed by atoms with E-state index in [1.165, 1.54) is 37.8 Å². The van der Waals surface area contributed by atoms with Crippen molar-refractivity contribution in [3.8, 4) is 0 Å². The fourth-order valence-corrected chi connectivity index (χ4v) is 2.37. The zero-order valence-electron chi connectivity index (χ0n) is 7.96. The summed E-state index contributed by atoms with van der Waals surface area (Å²) in [4.78, 5) is 0. The summed E-state index contributed by atoms with van der Waals surface area (Å²) in [6.07, 6.45) is 5.55. The number of nitrogens with one attached hydrogen (secondary N) is 1. The standard InChI is InChI=1S/C11H17NS/c1-2-10(3-1)8-12-6-4-11-5-7-13-9-11/h5,7,9-10,12H,1-4,6,8H2. The molecule has 13 heavy (non-hydrogen) atoms. The lowest BCUT2D eigenvalue weighted by Crippen LogP contribution is -2.28. The summed E-state index contributed by atoms with van der Waals surface area (Å²) in [6, 6.07) is 2.22. The first-order valence-corrected chi connectivity index (χ1v) is 6.11. The molecule has 72 valence electrons. The maximum Gasteiger partial charge on any atom is -0.000794 e. The van der Waals surface area contributed by atoms with Crippen molar-refractivity contribution in [3.05, 3.63) is 22.4 Å². The average Bonchev–Trinajstić information content (AvgIpc) is 2.53. The van der Waals surface area contributed by atoms with Crippen LogP contribution in [-0.2, 0) is 6.42 Å². The second-order valence-corrected chi connectivity index (χ2v) is 4.66. The number of rotatable bonds is 5. The quantitative estimate of drug-likeness (QED) is 0.712. The van der Waals surface area contributed by atoms with Crippen molar-refractivity contribution < 1.29 is 0 Å². The smallest absolute Gasteiger partial charge is 0.000794 e. The number of hydrogen-bond acceptors (Lipinski definition) is 2. The normalized spacial score (nSPS) is 17.2. The summed E-state index contributed by atoms with van der Waals surface area (Å²) in [5.74, 6) is 0.988. The van der Waals surface area contributed by atoms with E-state index in [4.69, 9.17) is 0 Å². The van der Waals surface area contributed by atoms with Gasteiger partial charge in [0, 0.05) is 0 Å². The average molecular weight is 195 g/mol. The molecule has 0 aliphatic heterocycles.